The number of amides is 2. The molecule has 274 valence electrons. The fourth-order valence-corrected chi connectivity index (χ4v) is 7.59. The topological polar surface area (TPSA) is 130 Å². The van der Waals surface area contributed by atoms with Crippen molar-refractivity contribution in [1.29, 1.82) is 0 Å². The molecule has 3 rings (SSSR count). The Balaban J connectivity index is 1.71. The number of aliphatic carboxylic acids is 1. The molecule has 2 amide bonds. The minimum absolute atomic E-state index is 0.0265. The highest BCUT2D eigenvalue weighted by molar-refractivity contribution is 6.01. The van der Waals surface area contributed by atoms with Crippen LogP contribution < -0.4 is 10.6 Å². The third-order valence-electron chi connectivity index (χ3n) is 10.6. The number of ether oxygens (including phenoxy) is 2. The number of urea groups is 1. The number of nitrogens with one attached hydrogen (secondary N) is 3. The lowest BCUT2D eigenvalue weighted by atomic mass is 9.72. The standard InChI is InChI=1S/C39H67N3O6/c1-9-10-11-12-13-14-15-16-17-22-31(37(2,3)4)42-36(46)41-30-21-19-18-20-27(30)29(25-32(43)44)33-28(23-24-40-33)34(45)35-38(5,6)26-47-39(7,8)48-35/h23-24,27,29-31,35,40H,9-22,25-26H2,1-8H3,(H,43,44)(H2,41,42,46). The van der Waals surface area contributed by atoms with E-state index in [2.05, 4.69) is 43.3 Å². The van der Waals surface area contributed by atoms with Gasteiger partial charge in [-0.15, -0.1) is 0 Å². The number of hydrogen-bond acceptors (Lipinski definition) is 5. The number of hydrogen-bond donors (Lipinski definition) is 4. The molecule has 9 heteroatoms. The number of aromatic amines is 1. The lowest BCUT2D eigenvalue weighted by Gasteiger charge is -2.45. The molecular formula is C39H67N3O6. The van der Waals surface area contributed by atoms with Crippen molar-refractivity contribution in [2.24, 2.45) is 16.7 Å². The van der Waals surface area contributed by atoms with Gasteiger partial charge in [0.2, 0.25) is 0 Å². The van der Waals surface area contributed by atoms with Gasteiger partial charge in [0.05, 0.1) is 13.0 Å². The molecule has 5 unspecified atom stereocenters. The Bertz CT molecular complexity index is 1170. The second-order valence-corrected chi connectivity index (χ2v) is 16.8. The van der Waals surface area contributed by atoms with Crippen LogP contribution in [0.2, 0.25) is 0 Å². The minimum Gasteiger partial charge on any atom is -0.481 e. The molecule has 48 heavy (non-hydrogen) atoms. The second kappa shape index (κ2) is 18.0. The van der Waals surface area contributed by atoms with Gasteiger partial charge >= 0.3 is 12.0 Å². The molecule has 1 aromatic rings. The summed E-state index contributed by atoms with van der Waals surface area (Å²) in [5.74, 6) is -2.63. The Morgan fingerprint density at radius 3 is 2.23 bits per heavy atom. The van der Waals surface area contributed by atoms with E-state index in [-0.39, 0.29) is 41.7 Å². The van der Waals surface area contributed by atoms with Crippen LogP contribution >= 0.6 is 0 Å². The lowest BCUT2D eigenvalue weighted by molar-refractivity contribution is -0.298. The Morgan fingerprint density at radius 1 is 0.979 bits per heavy atom. The molecular weight excluding hydrogens is 606 g/mol. The highest BCUT2D eigenvalue weighted by Crippen LogP contribution is 2.42. The smallest absolute Gasteiger partial charge is 0.315 e. The van der Waals surface area contributed by atoms with Crippen LogP contribution in [0.4, 0.5) is 4.79 Å². The van der Waals surface area contributed by atoms with Crippen LogP contribution in [0.3, 0.4) is 0 Å². The summed E-state index contributed by atoms with van der Waals surface area (Å²) in [4.78, 5) is 43.2. The summed E-state index contributed by atoms with van der Waals surface area (Å²) in [5.41, 5.74) is 0.417. The number of carbonyl (C=O) groups is 3. The Kier molecular flexibility index (Phi) is 15.0. The number of H-pyrrole nitrogens is 1. The van der Waals surface area contributed by atoms with E-state index in [9.17, 15) is 19.5 Å². The SMILES string of the molecule is CCCCCCCCCCCC(NC(=O)NC1CCCCC1C(CC(=O)O)c1[nH]ccc1C(=O)C1OC(C)(C)OCC1(C)C)C(C)(C)C. The summed E-state index contributed by atoms with van der Waals surface area (Å²) in [6.07, 6.45) is 16.6. The van der Waals surface area contributed by atoms with Crippen molar-refractivity contribution in [3.8, 4) is 0 Å². The molecule has 0 spiro atoms. The van der Waals surface area contributed by atoms with Crippen molar-refractivity contribution in [2.75, 3.05) is 6.61 Å². The van der Waals surface area contributed by atoms with E-state index in [0.717, 1.165) is 38.5 Å². The number of Topliss-reactive ketones (excluding diaryl/α,β-unsaturated/α-hetero) is 1. The number of carboxylic acids is 1. The Hall–Kier alpha value is -2.39. The highest BCUT2D eigenvalue weighted by Gasteiger charge is 2.47. The summed E-state index contributed by atoms with van der Waals surface area (Å²) in [5, 5.41) is 16.6. The molecule has 0 aromatic carbocycles. The maximum absolute atomic E-state index is 14.1. The van der Waals surface area contributed by atoms with E-state index >= 15 is 0 Å². The fraction of sp³-hybridized carbons (Fsp3) is 0.821. The van der Waals surface area contributed by atoms with E-state index in [0.29, 0.717) is 17.9 Å². The molecule has 0 bridgehead atoms. The van der Waals surface area contributed by atoms with Crippen molar-refractivity contribution in [3.63, 3.8) is 0 Å². The van der Waals surface area contributed by atoms with E-state index in [1.54, 1.807) is 26.1 Å². The predicted molar refractivity (Wildman–Crippen MR) is 191 cm³/mol. The maximum atomic E-state index is 14.1. The predicted octanol–water partition coefficient (Wildman–Crippen LogP) is 9.13. The molecule has 1 saturated heterocycles. The quantitative estimate of drug-likeness (QED) is 0.0909. The second-order valence-electron chi connectivity index (χ2n) is 16.8. The van der Waals surface area contributed by atoms with Crippen molar-refractivity contribution in [1.82, 2.24) is 15.6 Å². The molecule has 1 aliphatic heterocycles. The number of carbonyl (C=O) groups excluding carboxylic acids is 2. The fourth-order valence-electron chi connectivity index (χ4n) is 7.59. The van der Waals surface area contributed by atoms with Crippen LogP contribution in [0.15, 0.2) is 12.3 Å². The van der Waals surface area contributed by atoms with Crippen molar-refractivity contribution < 1.29 is 29.0 Å². The van der Waals surface area contributed by atoms with E-state index in [1.807, 2.05) is 13.8 Å². The Labute approximate surface area is 290 Å². The van der Waals surface area contributed by atoms with Crippen LogP contribution in [0.1, 0.15) is 174 Å². The largest absolute Gasteiger partial charge is 0.481 e. The molecule has 4 N–H and O–H groups in total. The van der Waals surface area contributed by atoms with Gasteiger partial charge in [-0.25, -0.2) is 4.79 Å². The van der Waals surface area contributed by atoms with Gasteiger partial charge in [0.25, 0.3) is 0 Å². The Morgan fingerprint density at radius 2 is 1.60 bits per heavy atom. The van der Waals surface area contributed by atoms with Crippen molar-refractivity contribution in [2.45, 2.75) is 182 Å². The first kappa shape index (κ1) is 40.0. The molecule has 5 atom stereocenters. The van der Waals surface area contributed by atoms with Crippen LogP contribution in [0.5, 0.6) is 0 Å². The normalized spacial score (nSPS) is 23.6. The summed E-state index contributed by atoms with van der Waals surface area (Å²) in [7, 11) is 0. The molecule has 0 radical (unpaired) electrons. The van der Waals surface area contributed by atoms with E-state index in [4.69, 9.17) is 9.47 Å². The van der Waals surface area contributed by atoms with E-state index in [1.165, 1.54) is 51.4 Å². The molecule has 9 nitrogen and oxygen atoms in total. The molecule has 1 aliphatic carbocycles. The van der Waals surface area contributed by atoms with Gasteiger partial charge in [-0.3, -0.25) is 9.59 Å². The van der Waals surface area contributed by atoms with Gasteiger partial charge in [-0.1, -0.05) is 112 Å². The van der Waals surface area contributed by atoms with Gasteiger partial charge in [0, 0.05) is 40.9 Å². The average Bonchev–Trinajstić information content (AvgIpc) is 3.49. The average molecular weight is 674 g/mol. The van der Waals surface area contributed by atoms with Crippen LogP contribution in [0, 0.1) is 16.7 Å². The van der Waals surface area contributed by atoms with Gasteiger partial charge in [0.1, 0.15) is 6.10 Å². The summed E-state index contributed by atoms with van der Waals surface area (Å²) in [6.45, 7) is 16.6. The molecule has 1 aromatic heterocycles. The highest BCUT2D eigenvalue weighted by atomic mass is 16.7. The number of unbranched alkanes of at least 4 members (excludes halogenated alkanes) is 8. The summed E-state index contributed by atoms with van der Waals surface area (Å²) >= 11 is 0. The zero-order chi connectivity index (χ0) is 35.5. The number of aromatic nitrogens is 1. The number of ketones is 1. The van der Waals surface area contributed by atoms with Gasteiger partial charge in [-0.2, -0.15) is 0 Å². The monoisotopic (exact) mass is 674 g/mol. The van der Waals surface area contributed by atoms with Gasteiger partial charge in [-0.05, 0) is 50.5 Å². The maximum Gasteiger partial charge on any atom is 0.315 e. The van der Waals surface area contributed by atoms with Crippen molar-refractivity contribution >= 4 is 17.8 Å². The first-order valence-corrected chi connectivity index (χ1v) is 18.9. The lowest BCUT2D eigenvalue weighted by Crippen LogP contribution is -2.54. The third-order valence-corrected chi connectivity index (χ3v) is 10.6. The first-order valence-electron chi connectivity index (χ1n) is 18.9. The van der Waals surface area contributed by atoms with Crippen LogP contribution in [-0.4, -0.2) is 58.5 Å². The van der Waals surface area contributed by atoms with Crippen molar-refractivity contribution in [3.05, 3.63) is 23.5 Å². The first-order chi connectivity index (χ1) is 22.6. The zero-order valence-electron chi connectivity index (χ0n) is 31.3. The van der Waals surface area contributed by atoms with Crippen LogP contribution in [-0.2, 0) is 14.3 Å². The molecule has 2 fully saturated rings. The third kappa shape index (κ3) is 11.9. The molecule has 2 aliphatic rings. The summed E-state index contributed by atoms with van der Waals surface area (Å²) in [6, 6.07) is 1.36. The molecule has 1 saturated carbocycles. The van der Waals surface area contributed by atoms with Gasteiger partial charge < -0.3 is 30.2 Å². The van der Waals surface area contributed by atoms with E-state index < -0.39 is 29.2 Å². The zero-order valence-corrected chi connectivity index (χ0v) is 31.3. The van der Waals surface area contributed by atoms with Crippen LogP contribution in [0.25, 0.3) is 0 Å². The van der Waals surface area contributed by atoms with Gasteiger partial charge in [0.15, 0.2) is 11.6 Å². The molecule has 2 heterocycles. The summed E-state index contributed by atoms with van der Waals surface area (Å²) < 4.78 is 12.0. The number of carboxylic acid groups (broad SMARTS) is 1. The number of rotatable bonds is 18. The minimum atomic E-state index is -0.931.